The molecule has 154 valence electrons. The van der Waals surface area contributed by atoms with E-state index in [4.69, 9.17) is 0 Å². The maximum absolute atomic E-state index is 12.3. The highest BCUT2D eigenvalue weighted by atomic mass is 127. The van der Waals surface area contributed by atoms with Crippen LogP contribution in [0, 0.1) is 0 Å². The molecule has 2 aromatic rings. The first-order chi connectivity index (χ1) is 13.3. The molecule has 1 fully saturated rings. The highest BCUT2D eigenvalue weighted by Crippen LogP contribution is 2.27. The predicted molar refractivity (Wildman–Crippen MR) is 130 cm³/mol. The Morgan fingerprint density at radius 3 is 2.57 bits per heavy atom. The second-order valence-corrected chi connectivity index (χ2v) is 9.07. The molecule has 0 spiro atoms. The molecule has 0 saturated carbocycles. The van der Waals surface area contributed by atoms with E-state index in [1.165, 1.54) is 17.7 Å². The van der Waals surface area contributed by atoms with Gasteiger partial charge in [-0.2, -0.15) is 0 Å². The van der Waals surface area contributed by atoms with Crippen LogP contribution in [0.25, 0.3) is 0 Å². The van der Waals surface area contributed by atoms with Gasteiger partial charge in [-0.25, -0.2) is 0 Å². The number of nitrogens with one attached hydrogen (secondary N) is 2. The smallest absolute Gasteiger partial charge is 0.191 e. The number of nitrogens with zero attached hydrogens (tertiary/aromatic N) is 2. The topological polar surface area (TPSA) is 56.7 Å². The molecule has 1 aromatic carbocycles. The van der Waals surface area contributed by atoms with E-state index < -0.39 is 10.8 Å². The first kappa shape index (κ1) is 23.3. The highest BCUT2D eigenvalue weighted by molar-refractivity contribution is 14.0. The van der Waals surface area contributed by atoms with Crippen LogP contribution < -0.4 is 10.6 Å². The SMILES string of the molecule is CN=C(NCCS(=O)c1ccccc1)NCC(c1cccs1)N1CCCC1.I. The first-order valence-corrected chi connectivity index (χ1v) is 11.6. The Morgan fingerprint density at radius 1 is 1.18 bits per heavy atom. The van der Waals surface area contributed by atoms with Gasteiger partial charge in [-0.3, -0.25) is 14.1 Å². The maximum atomic E-state index is 12.3. The second-order valence-electron chi connectivity index (χ2n) is 6.52. The summed E-state index contributed by atoms with van der Waals surface area (Å²) in [5.74, 6) is 1.33. The van der Waals surface area contributed by atoms with Gasteiger partial charge in [0.2, 0.25) is 0 Å². The number of thiophene rings is 1. The maximum Gasteiger partial charge on any atom is 0.191 e. The fraction of sp³-hybridized carbons (Fsp3) is 0.450. The fourth-order valence-corrected chi connectivity index (χ4v) is 5.15. The third kappa shape index (κ3) is 6.82. The van der Waals surface area contributed by atoms with Gasteiger partial charge < -0.3 is 10.6 Å². The fourth-order valence-electron chi connectivity index (χ4n) is 3.31. The predicted octanol–water partition coefficient (Wildman–Crippen LogP) is 3.48. The van der Waals surface area contributed by atoms with Crippen LogP contribution in [0.4, 0.5) is 0 Å². The molecule has 0 aliphatic carbocycles. The number of likely N-dealkylation sites (tertiary alicyclic amines) is 1. The van der Waals surface area contributed by atoms with Gasteiger partial charge in [0.15, 0.2) is 5.96 Å². The van der Waals surface area contributed by atoms with E-state index >= 15 is 0 Å². The van der Waals surface area contributed by atoms with E-state index in [9.17, 15) is 4.21 Å². The van der Waals surface area contributed by atoms with Gasteiger partial charge in [0.1, 0.15) is 0 Å². The van der Waals surface area contributed by atoms with Gasteiger partial charge in [-0.05, 0) is 49.5 Å². The van der Waals surface area contributed by atoms with Crippen LogP contribution in [0.3, 0.4) is 0 Å². The molecule has 2 N–H and O–H groups in total. The van der Waals surface area contributed by atoms with Gasteiger partial charge in [0.05, 0.1) is 16.8 Å². The zero-order valence-corrected chi connectivity index (χ0v) is 20.1. The number of hydrogen-bond donors (Lipinski definition) is 2. The Kier molecular flexibility index (Phi) is 10.5. The lowest BCUT2D eigenvalue weighted by atomic mass is 10.2. The van der Waals surface area contributed by atoms with E-state index in [2.05, 4.69) is 38.0 Å². The Balaban J connectivity index is 0.00000280. The van der Waals surface area contributed by atoms with Gasteiger partial charge >= 0.3 is 0 Å². The van der Waals surface area contributed by atoms with Crippen LogP contribution in [0.15, 0.2) is 57.7 Å². The lowest BCUT2D eigenvalue weighted by molar-refractivity contribution is 0.249. The van der Waals surface area contributed by atoms with Gasteiger partial charge in [0, 0.05) is 35.7 Å². The molecule has 1 aliphatic rings. The molecular weight excluding hydrogens is 503 g/mol. The number of guanidine groups is 1. The molecule has 0 amide bonds. The molecule has 0 radical (unpaired) electrons. The average Bonchev–Trinajstić information content (AvgIpc) is 3.42. The Morgan fingerprint density at radius 2 is 1.93 bits per heavy atom. The van der Waals surface area contributed by atoms with Gasteiger partial charge in [0.25, 0.3) is 0 Å². The third-order valence-electron chi connectivity index (χ3n) is 4.73. The minimum atomic E-state index is -0.993. The van der Waals surface area contributed by atoms with E-state index in [0.29, 0.717) is 18.3 Å². The molecule has 1 saturated heterocycles. The second kappa shape index (κ2) is 12.6. The molecule has 0 bridgehead atoms. The van der Waals surface area contributed by atoms with E-state index in [1.807, 2.05) is 41.7 Å². The number of halogens is 1. The summed E-state index contributed by atoms with van der Waals surface area (Å²) in [6.07, 6.45) is 2.56. The monoisotopic (exact) mass is 532 g/mol. The van der Waals surface area contributed by atoms with Gasteiger partial charge in [-0.15, -0.1) is 35.3 Å². The summed E-state index contributed by atoms with van der Waals surface area (Å²) in [6, 6.07) is 14.3. The molecule has 1 aliphatic heterocycles. The molecule has 3 rings (SSSR count). The Labute approximate surface area is 191 Å². The third-order valence-corrected chi connectivity index (χ3v) is 7.07. The zero-order chi connectivity index (χ0) is 18.9. The summed E-state index contributed by atoms with van der Waals surface area (Å²) >= 11 is 1.81. The van der Waals surface area contributed by atoms with Crippen LogP contribution >= 0.6 is 35.3 Å². The van der Waals surface area contributed by atoms with Crippen molar-refractivity contribution < 1.29 is 4.21 Å². The lowest BCUT2D eigenvalue weighted by Gasteiger charge is -2.27. The number of benzene rings is 1. The number of rotatable bonds is 8. The standard InChI is InChI=1S/C20H28N4OS2.HI/c1-21-20(22-11-15-27(25)17-8-3-2-4-9-17)23-16-18(19-10-7-14-26-19)24-12-5-6-13-24;/h2-4,7-10,14,18H,5-6,11-13,15-16H2,1H3,(H2,21,22,23);1H. The summed E-state index contributed by atoms with van der Waals surface area (Å²) in [4.78, 5) is 9.13. The Bertz CT molecular complexity index is 734. The van der Waals surface area contributed by atoms with Crippen molar-refractivity contribution in [1.82, 2.24) is 15.5 Å². The van der Waals surface area contributed by atoms with Crippen LogP contribution in [0.5, 0.6) is 0 Å². The zero-order valence-electron chi connectivity index (χ0n) is 16.2. The molecule has 28 heavy (non-hydrogen) atoms. The van der Waals surface area contributed by atoms with Crippen molar-refractivity contribution in [2.75, 3.05) is 39.0 Å². The summed E-state index contributed by atoms with van der Waals surface area (Å²) in [6.45, 7) is 3.76. The van der Waals surface area contributed by atoms with E-state index in [0.717, 1.165) is 30.5 Å². The van der Waals surface area contributed by atoms with Crippen molar-refractivity contribution in [3.63, 3.8) is 0 Å². The van der Waals surface area contributed by atoms with Crippen molar-refractivity contribution in [3.05, 3.63) is 52.7 Å². The summed E-state index contributed by atoms with van der Waals surface area (Å²) in [5, 5.41) is 8.89. The van der Waals surface area contributed by atoms with Crippen molar-refractivity contribution in [1.29, 1.82) is 0 Å². The number of hydrogen-bond acceptors (Lipinski definition) is 4. The molecule has 5 nitrogen and oxygen atoms in total. The summed E-state index contributed by atoms with van der Waals surface area (Å²) < 4.78 is 12.3. The summed E-state index contributed by atoms with van der Waals surface area (Å²) in [7, 11) is 0.785. The quantitative estimate of drug-likeness (QED) is 0.311. The molecule has 1 aromatic heterocycles. The number of aliphatic imine (C=N–C) groups is 1. The van der Waals surface area contributed by atoms with Crippen LogP contribution in [0.1, 0.15) is 23.8 Å². The molecule has 2 heterocycles. The lowest BCUT2D eigenvalue weighted by Crippen LogP contribution is -2.43. The van der Waals surface area contributed by atoms with Crippen molar-refractivity contribution in [3.8, 4) is 0 Å². The highest BCUT2D eigenvalue weighted by Gasteiger charge is 2.24. The van der Waals surface area contributed by atoms with E-state index in [-0.39, 0.29) is 24.0 Å². The average molecular weight is 533 g/mol. The molecule has 2 atom stereocenters. The first-order valence-electron chi connectivity index (χ1n) is 9.43. The summed E-state index contributed by atoms with van der Waals surface area (Å²) in [5.41, 5.74) is 0. The van der Waals surface area contributed by atoms with Gasteiger partial charge in [-0.1, -0.05) is 24.3 Å². The molecular formula is C20H29IN4OS2. The van der Waals surface area contributed by atoms with Crippen molar-refractivity contribution in [2.24, 2.45) is 4.99 Å². The van der Waals surface area contributed by atoms with E-state index in [1.54, 1.807) is 7.05 Å². The van der Waals surface area contributed by atoms with Crippen LogP contribution in [0.2, 0.25) is 0 Å². The molecule has 8 heteroatoms. The van der Waals surface area contributed by atoms with Crippen LogP contribution in [-0.2, 0) is 10.8 Å². The van der Waals surface area contributed by atoms with Crippen molar-refractivity contribution in [2.45, 2.75) is 23.8 Å². The minimum Gasteiger partial charge on any atom is -0.355 e. The minimum absolute atomic E-state index is 0. The van der Waals surface area contributed by atoms with Crippen molar-refractivity contribution >= 4 is 52.1 Å². The largest absolute Gasteiger partial charge is 0.355 e. The van der Waals surface area contributed by atoms with Crippen LogP contribution in [-0.4, -0.2) is 54.0 Å². The normalized spacial score (nSPS) is 17.0. The Hall–Kier alpha value is -0.970. The molecule has 2 unspecified atom stereocenters.